The molecule has 0 bridgehead atoms. The van der Waals surface area contributed by atoms with E-state index in [4.69, 9.17) is 0 Å². The molecular formula is C13H17FN2O2. The molecule has 1 N–H and O–H groups in total. The molecule has 18 heavy (non-hydrogen) atoms. The Bertz CT molecular complexity index is 460. The molecule has 0 aliphatic carbocycles. The van der Waals surface area contributed by atoms with Crippen molar-refractivity contribution in [2.45, 2.75) is 26.7 Å². The van der Waals surface area contributed by atoms with E-state index in [0.29, 0.717) is 24.2 Å². The maximum absolute atomic E-state index is 13.2. The van der Waals surface area contributed by atoms with Crippen LogP contribution in [-0.2, 0) is 9.59 Å². The molecule has 0 aromatic heterocycles. The van der Waals surface area contributed by atoms with Crippen molar-refractivity contribution in [1.82, 2.24) is 0 Å². The Labute approximate surface area is 106 Å². The second-order valence-corrected chi connectivity index (χ2v) is 4.04. The predicted molar refractivity (Wildman–Crippen MR) is 69.0 cm³/mol. The average molecular weight is 252 g/mol. The standard InChI is InChI=1S/C13H17FN2O2/c1-4-5-13(18)15-11-8-10(14)6-7-12(11)16(3)9(2)17/h6-8H,4-5H2,1-3H3,(H,15,18). The molecule has 1 rings (SSSR count). The van der Waals surface area contributed by atoms with E-state index in [1.165, 1.54) is 30.0 Å². The molecule has 1 aromatic rings. The molecule has 0 atom stereocenters. The Morgan fingerprint density at radius 3 is 2.61 bits per heavy atom. The molecule has 0 aliphatic heterocycles. The van der Waals surface area contributed by atoms with Gasteiger partial charge in [-0.2, -0.15) is 0 Å². The third-order valence-electron chi connectivity index (χ3n) is 2.54. The summed E-state index contributed by atoms with van der Waals surface area (Å²) in [5.41, 5.74) is 0.791. The third kappa shape index (κ3) is 3.55. The average Bonchev–Trinajstić information content (AvgIpc) is 2.28. The van der Waals surface area contributed by atoms with Crippen LogP contribution in [0.1, 0.15) is 26.7 Å². The van der Waals surface area contributed by atoms with Crippen molar-refractivity contribution >= 4 is 23.2 Å². The number of hydrogen-bond donors (Lipinski definition) is 1. The number of amides is 2. The van der Waals surface area contributed by atoms with E-state index in [-0.39, 0.29) is 11.8 Å². The van der Waals surface area contributed by atoms with Crippen LogP contribution >= 0.6 is 0 Å². The second kappa shape index (κ2) is 6.14. The van der Waals surface area contributed by atoms with Gasteiger partial charge in [0.1, 0.15) is 5.82 Å². The lowest BCUT2D eigenvalue weighted by atomic mass is 10.2. The van der Waals surface area contributed by atoms with Crippen LogP contribution in [-0.4, -0.2) is 18.9 Å². The first-order valence-electron chi connectivity index (χ1n) is 5.79. The summed E-state index contributed by atoms with van der Waals surface area (Å²) in [4.78, 5) is 24.2. The van der Waals surface area contributed by atoms with Gasteiger partial charge < -0.3 is 10.2 Å². The lowest BCUT2D eigenvalue weighted by molar-refractivity contribution is -0.117. The Balaban J connectivity index is 3.04. The van der Waals surface area contributed by atoms with Crippen molar-refractivity contribution in [1.29, 1.82) is 0 Å². The molecule has 0 saturated heterocycles. The molecule has 0 saturated carbocycles. The fourth-order valence-corrected chi connectivity index (χ4v) is 1.51. The number of anilines is 2. The predicted octanol–water partition coefficient (Wildman–Crippen LogP) is 2.55. The van der Waals surface area contributed by atoms with Gasteiger partial charge >= 0.3 is 0 Å². The Morgan fingerprint density at radius 2 is 2.06 bits per heavy atom. The molecule has 0 spiro atoms. The van der Waals surface area contributed by atoms with Crippen LogP contribution in [0.5, 0.6) is 0 Å². The van der Waals surface area contributed by atoms with Gasteiger partial charge in [-0.3, -0.25) is 9.59 Å². The molecule has 0 aliphatic rings. The molecule has 98 valence electrons. The highest BCUT2D eigenvalue weighted by atomic mass is 19.1. The number of hydrogen-bond acceptors (Lipinski definition) is 2. The SMILES string of the molecule is CCCC(=O)Nc1cc(F)ccc1N(C)C(C)=O. The molecule has 0 heterocycles. The maximum atomic E-state index is 13.2. The quantitative estimate of drug-likeness (QED) is 0.895. The normalized spacial score (nSPS) is 10.0. The second-order valence-electron chi connectivity index (χ2n) is 4.04. The minimum absolute atomic E-state index is 0.187. The van der Waals surface area contributed by atoms with Gasteiger partial charge in [-0.05, 0) is 24.6 Å². The summed E-state index contributed by atoms with van der Waals surface area (Å²) in [6, 6.07) is 3.94. The van der Waals surface area contributed by atoms with Crippen LogP contribution < -0.4 is 10.2 Å². The fraction of sp³-hybridized carbons (Fsp3) is 0.385. The number of nitrogens with zero attached hydrogens (tertiary/aromatic N) is 1. The van der Waals surface area contributed by atoms with Crippen molar-refractivity contribution in [3.05, 3.63) is 24.0 Å². The van der Waals surface area contributed by atoms with Gasteiger partial charge in [0.05, 0.1) is 11.4 Å². The largest absolute Gasteiger partial charge is 0.324 e. The van der Waals surface area contributed by atoms with E-state index < -0.39 is 5.82 Å². The van der Waals surface area contributed by atoms with Crippen LogP contribution in [0.25, 0.3) is 0 Å². The molecular weight excluding hydrogens is 235 g/mol. The summed E-state index contributed by atoms with van der Waals surface area (Å²) < 4.78 is 13.2. The number of nitrogens with one attached hydrogen (secondary N) is 1. The number of carbonyl (C=O) groups is 2. The zero-order valence-corrected chi connectivity index (χ0v) is 10.8. The van der Waals surface area contributed by atoms with E-state index in [1.807, 2.05) is 6.92 Å². The lowest BCUT2D eigenvalue weighted by Gasteiger charge is -2.19. The minimum Gasteiger partial charge on any atom is -0.324 e. The first-order valence-corrected chi connectivity index (χ1v) is 5.79. The zero-order valence-electron chi connectivity index (χ0n) is 10.8. The zero-order chi connectivity index (χ0) is 13.7. The molecule has 2 amide bonds. The van der Waals surface area contributed by atoms with Gasteiger partial charge in [0.15, 0.2) is 0 Å². The highest BCUT2D eigenvalue weighted by Crippen LogP contribution is 2.26. The van der Waals surface area contributed by atoms with Gasteiger partial charge in [0.2, 0.25) is 11.8 Å². The monoisotopic (exact) mass is 252 g/mol. The summed E-state index contributed by atoms with van der Waals surface area (Å²) >= 11 is 0. The van der Waals surface area contributed by atoms with Crippen molar-refractivity contribution in [3.63, 3.8) is 0 Å². The summed E-state index contributed by atoms with van der Waals surface area (Å²) in [5, 5.41) is 2.62. The van der Waals surface area contributed by atoms with E-state index in [9.17, 15) is 14.0 Å². The van der Waals surface area contributed by atoms with Crippen LogP contribution in [0.2, 0.25) is 0 Å². The molecule has 0 fully saturated rings. The molecule has 5 heteroatoms. The first-order chi connectivity index (χ1) is 8.45. The number of halogens is 1. The molecule has 1 aromatic carbocycles. The molecule has 0 radical (unpaired) electrons. The van der Waals surface area contributed by atoms with E-state index in [1.54, 1.807) is 7.05 Å². The highest BCUT2D eigenvalue weighted by molar-refractivity contribution is 5.99. The molecule has 4 nitrogen and oxygen atoms in total. The van der Waals surface area contributed by atoms with Crippen molar-refractivity contribution in [2.24, 2.45) is 0 Å². The van der Waals surface area contributed by atoms with Gasteiger partial charge in [-0.1, -0.05) is 6.92 Å². The highest BCUT2D eigenvalue weighted by Gasteiger charge is 2.13. The topological polar surface area (TPSA) is 49.4 Å². The van der Waals surface area contributed by atoms with Crippen LogP contribution in [0.15, 0.2) is 18.2 Å². The Kier molecular flexibility index (Phi) is 4.83. The number of carbonyl (C=O) groups excluding carboxylic acids is 2. The number of benzene rings is 1. The van der Waals surface area contributed by atoms with Crippen molar-refractivity contribution < 1.29 is 14.0 Å². The van der Waals surface area contributed by atoms with E-state index in [0.717, 1.165) is 0 Å². The van der Waals surface area contributed by atoms with Gasteiger partial charge in [-0.25, -0.2) is 4.39 Å². The van der Waals surface area contributed by atoms with Crippen LogP contribution in [0.3, 0.4) is 0 Å². The van der Waals surface area contributed by atoms with Crippen LogP contribution in [0.4, 0.5) is 15.8 Å². The van der Waals surface area contributed by atoms with Gasteiger partial charge in [0, 0.05) is 20.4 Å². The summed E-state index contributed by atoms with van der Waals surface area (Å²) in [6.07, 6.45) is 1.07. The van der Waals surface area contributed by atoms with Gasteiger partial charge in [-0.15, -0.1) is 0 Å². The van der Waals surface area contributed by atoms with E-state index >= 15 is 0 Å². The smallest absolute Gasteiger partial charge is 0.224 e. The molecule has 0 unspecified atom stereocenters. The minimum atomic E-state index is -0.456. The van der Waals surface area contributed by atoms with Gasteiger partial charge in [0.25, 0.3) is 0 Å². The summed E-state index contributed by atoms with van der Waals surface area (Å²) in [5.74, 6) is -0.837. The fourth-order valence-electron chi connectivity index (χ4n) is 1.51. The third-order valence-corrected chi connectivity index (χ3v) is 2.54. The van der Waals surface area contributed by atoms with E-state index in [2.05, 4.69) is 5.32 Å². The first kappa shape index (κ1) is 14.2. The van der Waals surface area contributed by atoms with Crippen molar-refractivity contribution in [3.8, 4) is 0 Å². The number of rotatable bonds is 4. The lowest BCUT2D eigenvalue weighted by Crippen LogP contribution is -2.25. The maximum Gasteiger partial charge on any atom is 0.224 e. The van der Waals surface area contributed by atoms with Crippen molar-refractivity contribution in [2.75, 3.05) is 17.3 Å². The Morgan fingerprint density at radius 1 is 1.39 bits per heavy atom. The summed E-state index contributed by atoms with van der Waals surface area (Å²) in [6.45, 7) is 3.29. The van der Waals surface area contributed by atoms with Crippen LogP contribution in [0, 0.1) is 5.82 Å². The Hall–Kier alpha value is -1.91. The summed E-state index contributed by atoms with van der Waals surface area (Å²) in [7, 11) is 1.57.